The summed E-state index contributed by atoms with van der Waals surface area (Å²) < 4.78 is 0. The predicted molar refractivity (Wildman–Crippen MR) is 69.1 cm³/mol. The van der Waals surface area contributed by atoms with E-state index < -0.39 is 0 Å². The molecule has 0 N–H and O–H groups in total. The van der Waals surface area contributed by atoms with Crippen LogP contribution in [0.2, 0.25) is 0 Å². The van der Waals surface area contributed by atoms with Gasteiger partial charge < -0.3 is 4.90 Å². The Hall–Kier alpha value is -1.08. The van der Waals surface area contributed by atoms with Crippen molar-refractivity contribution in [2.45, 2.75) is 40.0 Å². The first-order valence-corrected chi connectivity index (χ1v) is 6.42. The maximum absolute atomic E-state index is 9.12. The molecular weight excluding hydrogens is 218 g/mol. The van der Waals surface area contributed by atoms with E-state index in [-0.39, 0.29) is 5.41 Å². The molecular formula is C12H19N3S. The smallest absolute Gasteiger partial charge is 0.186 e. The topological polar surface area (TPSA) is 39.9 Å². The molecule has 0 aliphatic carbocycles. The van der Waals surface area contributed by atoms with E-state index in [9.17, 15) is 0 Å². The Morgan fingerprint density at radius 2 is 1.88 bits per heavy atom. The average molecular weight is 237 g/mol. The van der Waals surface area contributed by atoms with Crippen LogP contribution in [0.4, 0.5) is 5.13 Å². The lowest BCUT2D eigenvalue weighted by molar-refractivity contribution is 0.571. The summed E-state index contributed by atoms with van der Waals surface area (Å²) in [4.78, 5) is 7.54. The normalized spacial score (nSPS) is 11.2. The summed E-state index contributed by atoms with van der Waals surface area (Å²) >= 11 is 1.50. The van der Waals surface area contributed by atoms with Crippen molar-refractivity contribution in [3.05, 3.63) is 10.6 Å². The van der Waals surface area contributed by atoms with Crippen molar-refractivity contribution in [2.75, 3.05) is 18.0 Å². The van der Waals surface area contributed by atoms with Gasteiger partial charge in [0.1, 0.15) is 10.9 Å². The molecule has 3 nitrogen and oxygen atoms in total. The van der Waals surface area contributed by atoms with Gasteiger partial charge in [-0.1, -0.05) is 32.1 Å². The number of nitrogens with zero attached hydrogens (tertiary/aromatic N) is 3. The molecule has 0 aliphatic rings. The van der Waals surface area contributed by atoms with Gasteiger partial charge in [-0.25, -0.2) is 4.98 Å². The van der Waals surface area contributed by atoms with Crippen LogP contribution < -0.4 is 4.90 Å². The van der Waals surface area contributed by atoms with E-state index >= 15 is 0 Å². The van der Waals surface area contributed by atoms with Crippen molar-refractivity contribution in [3.63, 3.8) is 0 Å². The van der Waals surface area contributed by atoms with Gasteiger partial charge in [0, 0.05) is 18.5 Å². The number of thiazole rings is 1. The number of nitriles is 1. The molecule has 88 valence electrons. The second kappa shape index (κ2) is 4.84. The first-order chi connectivity index (χ1) is 7.43. The van der Waals surface area contributed by atoms with Crippen molar-refractivity contribution in [1.82, 2.24) is 4.98 Å². The summed E-state index contributed by atoms with van der Waals surface area (Å²) in [7, 11) is 0. The van der Waals surface area contributed by atoms with Gasteiger partial charge in [-0.3, -0.25) is 0 Å². The molecule has 0 saturated heterocycles. The molecule has 1 aromatic heterocycles. The molecule has 0 amide bonds. The molecule has 0 bridgehead atoms. The second-order valence-electron chi connectivity index (χ2n) is 4.71. The van der Waals surface area contributed by atoms with E-state index in [0.717, 1.165) is 28.8 Å². The van der Waals surface area contributed by atoms with Crippen molar-refractivity contribution < 1.29 is 0 Å². The van der Waals surface area contributed by atoms with Crippen molar-refractivity contribution in [1.29, 1.82) is 5.26 Å². The van der Waals surface area contributed by atoms with Crippen LogP contribution in [0.5, 0.6) is 0 Å². The zero-order chi connectivity index (χ0) is 12.3. The first-order valence-electron chi connectivity index (χ1n) is 5.60. The minimum Gasteiger partial charge on any atom is -0.349 e. The maximum Gasteiger partial charge on any atom is 0.186 e. The monoisotopic (exact) mass is 237 g/mol. The minimum absolute atomic E-state index is 0.0625. The molecule has 0 fully saturated rings. The molecule has 1 heterocycles. The summed E-state index contributed by atoms with van der Waals surface area (Å²) in [6, 6.07) is 2.25. The molecule has 0 aliphatic heterocycles. The zero-order valence-corrected chi connectivity index (χ0v) is 11.5. The van der Waals surface area contributed by atoms with Gasteiger partial charge in [0.05, 0.1) is 5.69 Å². The van der Waals surface area contributed by atoms with Gasteiger partial charge in [0.25, 0.3) is 0 Å². The Morgan fingerprint density at radius 3 is 2.19 bits per heavy atom. The van der Waals surface area contributed by atoms with Gasteiger partial charge in [-0.15, -0.1) is 0 Å². The minimum atomic E-state index is -0.0625. The average Bonchev–Trinajstić information content (AvgIpc) is 2.63. The highest BCUT2D eigenvalue weighted by Gasteiger charge is 2.24. The molecule has 0 spiro atoms. The molecule has 0 atom stereocenters. The van der Waals surface area contributed by atoms with Gasteiger partial charge in [-0.2, -0.15) is 5.26 Å². The number of hydrogen-bond donors (Lipinski definition) is 0. The Balaban J connectivity index is 3.19. The molecule has 1 rings (SSSR count). The molecule has 0 aromatic carbocycles. The Labute approximate surface area is 102 Å². The Kier molecular flexibility index (Phi) is 3.93. The molecule has 0 saturated carbocycles. The van der Waals surface area contributed by atoms with Crippen LogP contribution in [0.15, 0.2) is 0 Å². The number of rotatable bonds is 3. The fourth-order valence-corrected chi connectivity index (χ4v) is 2.72. The van der Waals surface area contributed by atoms with Crippen LogP contribution in [0.25, 0.3) is 0 Å². The van der Waals surface area contributed by atoms with Crippen molar-refractivity contribution in [3.8, 4) is 6.07 Å². The van der Waals surface area contributed by atoms with Crippen LogP contribution in [0.3, 0.4) is 0 Å². The first kappa shape index (κ1) is 13.0. The highest BCUT2D eigenvalue weighted by molar-refractivity contribution is 7.16. The lowest BCUT2D eigenvalue weighted by atomic mass is 9.91. The van der Waals surface area contributed by atoms with E-state index in [1.54, 1.807) is 0 Å². The summed E-state index contributed by atoms with van der Waals surface area (Å²) in [5, 5.41) is 10.1. The fraction of sp³-hybridized carbons (Fsp3) is 0.667. The van der Waals surface area contributed by atoms with E-state index in [4.69, 9.17) is 5.26 Å². The Morgan fingerprint density at radius 1 is 1.31 bits per heavy atom. The number of hydrogen-bond acceptors (Lipinski definition) is 4. The third kappa shape index (κ3) is 2.53. The third-order valence-corrected chi connectivity index (χ3v) is 3.48. The third-order valence-electron chi connectivity index (χ3n) is 2.46. The SMILES string of the molecule is CCN(CC)c1nc(C(C)(C)C)c(C#N)s1. The Bertz CT molecular complexity index is 391. The van der Waals surface area contributed by atoms with Crippen molar-refractivity contribution >= 4 is 16.5 Å². The largest absolute Gasteiger partial charge is 0.349 e. The van der Waals surface area contributed by atoms with Gasteiger partial charge >= 0.3 is 0 Å². The van der Waals surface area contributed by atoms with Crippen LogP contribution >= 0.6 is 11.3 Å². The summed E-state index contributed by atoms with van der Waals surface area (Å²) in [6.07, 6.45) is 0. The standard InChI is InChI=1S/C12H19N3S/c1-6-15(7-2)11-14-10(12(3,4)5)9(8-13)16-11/h6-7H2,1-5H3. The van der Waals surface area contributed by atoms with Gasteiger partial charge in [-0.05, 0) is 13.8 Å². The van der Waals surface area contributed by atoms with E-state index in [1.165, 1.54) is 11.3 Å². The van der Waals surface area contributed by atoms with Crippen LogP contribution in [0.1, 0.15) is 45.2 Å². The maximum atomic E-state index is 9.12. The van der Waals surface area contributed by atoms with Gasteiger partial charge in [0.2, 0.25) is 0 Å². The zero-order valence-electron chi connectivity index (χ0n) is 10.7. The van der Waals surface area contributed by atoms with Crippen LogP contribution in [0, 0.1) is 11.3 Å². The quantitative estimate of drug-likeness (QED) is 0.810. The highest BCUT2D eigenvalue weighted by atomic mass is 32.1. The van der Waals surface area contributed by atoms with E-state index in [2.05, 4.69) is 50.6 Å². The lowest BCUT2D eigenvalue weighted by Crippen LogP contribution is -2.22. The van der Waals surface area contributed by atoms with E-state index in [0.29, 0.717) is 0 Å². The molecule has 16 heavy (non-hydrogen) atoms. The lowest BCUT2D eigenvalue weighted by Gasteiger charge is -2.18. The summed E-state index contributed by atoms with van der Waals surface area (Å²) in [5.74, 6) is 0. The van der Waals surface area contributed by atoms with E-state index in [1.807, 2.05) is 0 Å². The number of anilines is 1. The fourth-order valence-electron chi connectivity index (χ4n) is 1.52. The highest BCUT2D eigenvalue weighted by Crippen LogP contribution is 2.33. The molecule has 1 aromatic rings. The molecule has 0 radical (unpaired) electrons. The number of aromatic nitrogens is 1. The predicted octanol–water partition coefficient (Wildman–Crippen LogP) is 3.16. The van der Waals surface area contributed by atoms with Gasteiger partial charge in [0.15, 0.2) is 5.13 Å². The summed E-state index contributed by atoms with van der Waals surface area (Å²) in [6.45, 7) is 12.3. The van der Waals surface area contributed by atoms with Crippen LogP contribution in [-0.2, 0) is 5.41 Å². The molecule has 0 unspecified atom stereocenters. The van der Waals surface area contributed by atoms with Crippen LogP contribution in [-0.4, -0.2) is 18.1 Å². The molecule has 4 heteroatoms. The van der Waals surface area contributed by atoms with Crippen molar-refractivity contribution in [2.24, 2.45) is 0 Å². The summed E-state index contributed by atoms with van der Waals surface area (Å²) in [5.41, 5.74) is 0.856. The second-order valence-corrected chi connectivity index (χ2v) is 5.69.